The molecule has 1 aromatic carbocycles. The third kappa shape index (κ3) is 3.07. The number of hydrogen-bond acceptors (Lipinski definition) is 6. The minimum absolute atomic E-state index is 0.0382. The monoisotopic (exact) mass is 301 g/mol. The van der Waals surface area contributed by atoms with Crippen LogP contribution in [0.1, 0.15) is 10.6 Å². The SMILES string of the molecule is C#CCOC(=O)c1ccc(-c2ccc(OC)c([N+](=O)[O-])c2)o1. The zero-order valence-electron chi connectivity index (χ0n) is 11.6. The quantitative estimate of drug-likeness (QED) is 0.365. The van der Waals surface area contributed by atoms with Gasteiger partial charge in [0.1, 0.15) is 5.76 Å². The molecule has 0 spiro atoms. The Morgan fingerprint density at radius 1 is 1.41 bits per heavy atom. The number of terminal acetylenes is 1. The van der Waals surface area contributed by atoms with Gasteiger partial charge in [-0.05, 0) is 24.3 Å². The molecular formula is C15H11NO6. The lowest BCUT2D eigenvalue weighted by Crippen LogP contribution is -2.03. The van der Waals surface area contributed by atoms with Crippen molar-refractivity contribution in [3.05, 3.63) is 46.2 Å². The van der Waals surface area contributed by atoms with Crippen molar-refractivity contribution >= 4 is 11.7 Å². The summed E-state index contributed by atoms with van der Waals surface area (Å²) in [6.45, 7) is -0.164. The first-order valence-electron chi connectivity index (χ1n) is 6.10. The number of nitro benzene ring substituents is 1. The third-order valence-electron chi connectivity index (χ3n) is 2.75. The number of benzene rings is 1. The normalized spacial score (nSPS) is 9.82. The van der Waals surface area contributed by atoms with Gasteiger partial charge in [0.25, 0.3) is 0 Å². The molecule has 0 aliphatic heterocycles. The summed E-state index contributed by atoms with van der Waals surface area (Å²) >= 11 is 0. The molecule has 0 unspecified atom stereocenters. The van der Waals surface area contributed by atoms with Gasteiger partial charge in [-0.3, -0.25) is 10.1 Å². The van der Waals surface area contributed by atoms with E-state index >= 15 is 0 Å². The number of rotatable bonds is 5. The molecule has 22 heavy (non-hydrogen) atoms. The Bertz CT molecular complexity index is 756. The summed E-state index contributed by atoms with van der Waals surface area (Å²) in [5.74, 6) is 1.85. The van der Waals surface area contributed by atoms with Crippen LogP contribution in [0.5, 0.6) is 5.75 Å². The van der Waals surface area contributed by atoms with Crippen LogP contribution in [0.2, 0.25) is 0 Å². The lowest BCUT2D eigenvalue weighted by atomic mass is 10.1. The summed E-state index contributed by atoms with van der Waals surface area (Å²) in [5.41, 5.74) is 0.233. The molecule has 0 aliphatic rings. The van der Waals surface area contributed by atoms with Crippen molar-refractivity contribution in [2.75, 3.05) is 13.7 Å². The largest absolute Gasteiger partial charge is 0.490 e. The number of furan rings is 1. The van der Waals surface area contributed by atoms with Crippen molar-refractivity contribution in [2.45, 2.75) is 0 Å². The van der Waals surface area contributed by atoms with Gasteiger partial charge in [-0.1, -0.05) is 5.92 Å². The lowest BCUT2D eigenvalue weighted by molar-refractivity contribution is -0.385. The van der Waals surface area contributed by atoms with E-state index in [0.29, 0.717) is 11.3 Å². The van der Waals surface area contributed by atoms with E-state index in [4.69, 9.17) is 20.3 Å². The maximum absolute atomic E-state index is 11.6. The first-order chi connectivity index (χ1) is 10.6. The Morgan fingerprint density at radius 3 is 2.82 bits per heavy atom. The Hall–Kier alpha value is -3.27. The molecule has 7 heteroatoms. The summed E-state index contributed by atoms with van der Waals surface area (Å²) < 4.78 is 15.0. The van der Waals surface area contributed by atoms with Crippen LogP contribution in [-0.2, 0) is 4.74 Å². The number of methoxy groups -OCH3 is 1. The molecule has 0 saturated heterocycles. The highest BCUT2D eigenvalue weighted by Crippen LogP contribution is 2.32. The summed E-state index contributed by atoms with van der Waals surface area (Å²) in [5, 5.41) is 11.0. The molecule has 1 heterocycles. The third-order valence-corrected chi connectivity index (χ3v) is 2.75. The standard InChI is InChI=1S/C15H11NO6/c1-3-8-21-15(17)14-7-6-12(22-14)10-4-5-13(20-2)11(9-10)16(18)19/h1,4-7,9H,8H2,2H3. The second kappa shape index (κ2) is 6.45. The molecule has 0 aliphatic carbocycles. The van der Waals surface area contributed by atoms with Crippen molar-refractivity contribution in [1.29, 1.82) is 0 Å². The van der Waals surface area contributed by atoms with E-state index in [2.05, 4.69) is 5.92 Å². The second-order valence-electron chi connectivity index (χ2n) is 4.09. The number of hydrogen-bond donors (Lipinski definition) is 0. The first-order valence-corrected chi connectivity index (χ1v) is 6.10. The molecule has 0 fully saturated rings. The van der Waals surface area contributed by atoms with Gasteiger partial charge in [-0.25, -0.2) is 4.79 Å². The second-order valence-corrected chi connectivity index (χ2v) is 4.09. The molecule has 0 atom stereocenters. The molecule has 112 valence electrons. The maximum atomic E-state index is 11.6. The van der Waals surface area contributed by atoms with Gasteiger partial charge in [-0.15, -0.1) is 6.42 Å². The Kier molecular flexibility index (Phi) is 4.44. The summed E-state index contributed by atoms with van der Waals surface area (Å²) in [6.07, 6.45) is 4.99. The molecular weight excluding hydrogens is 290 g/mol. The first kappa shape index (κ1) is 15.1. The van der Waals surface area contributed by atoms with Crippen LogP contribution in [0.15, 0.2) is 34.7 Å². The van der Waals surface area contributed by atoms with Crippen molar-refractivity contribution in [3.63, 3.8) is 0 Å². The fraction of sp³-hybridized carbons (Fsp3) is 0.133. The predicted octanol–water partition coefficient (Wildman–Crippen LogP) is 2.65. The van der Waals surface area contributed by atoms with E-state index in [0.717, 1.165) is 0 Å². The van der Waals surface area contributed by atoms with Gasteiger partial charge in [-0.2, -0.15) is 0 Å². The minimum Gasteiger partial charge on any atom is -0.490 e. The van der Waals surface area contributed by atoms with Crippen LogP contribution in [0, 0.1) is 22.5 Å². The molecule has 0 N–H and O–H groups in total. The van der Waals surface area contributed by atoms with Crippen LogP contribution >= 0.6 is 0 Å². The smallest absolute Gasteiger partial charge is 0.375 e. The lowest BCUT2D eigenvalue weighted by Gasteiger charge is -2.03. The van der Waals surface area contributed by atoms with Gasteiger partial charge in [0.15, 0.2) is 12.4 Å². The van der Waals surface area contributed by atoms with Crippen LogP contribution in [0.25, 0.3) is 11.3 Å². The number of esters is 1. The van der Waals surface area contributed by atoms with Gasteiger partial charge in [0.05, 0.1) is 12.0 Å². The number of carbonyl (C=O) groups is 1. The highest BCUT2D eigenvalue weighted by atomic mass is 16.6. The van der Waals surface area contributed by atoms with Crippen LogP contribution in [0.4, 0.5) is 5.69 Å². The molecule has 2 aromatic rings. The van der Waals surface area contributed by atoms with E-state index in [-0.39, 0.29) is 23.8 Å². The van der Waals surface area contributed by atoms with Gasteiger partial charge >= 0.3 is 11.7 Å². The predicted molar refractivity (Wildman–Crippen MR) is 76.5 cm³/mol. The molecule has 0 saturated carbocycles. The maximum Gasteiger partial charge on any atom is 0.375 e. The van der Waals surface area contributed by atoms with Gasteiger partial charge in [0, 0.05) is 11.6 Å². The number of nitro groups is 1. The van der Waals surface area contributed by atoms with Crippen molar-refractivity contribution in [2.24, 2.45) is 0 Å². The summed E-state index contributed by atoms with van der Waals surface area (Å²) in [4.78, 5) is 22.0. The van der Waals surface area contributed by atoms with E-state index in [9.17, 15) is 14.9 Å². The molecule has 1 aromatic heterocycles. The zero-order chi connectivity index (χ0) is 16.1. The highest BCUT2D eigenvalue weighted by molar-refractivity contribution is 5.87. The molecule has 0 bridgehead atoms. The number of nitrogens with zero attached hydrogens (tertiary/aromatic N) is 1. The fourth-order valence-corrected chi connectivity index (χ4v) is 1.77. The average Bonchev–Trinajstić information content (AvgIpc) is 3.01. The fourth-order valence-electron chi connectivity index (χ4n) is 1.77. The molecule has 0 radical (unpaired) electrons. The Labute approximate surface area is 125 Å². The Balaban J connectivity index is 2.31. The van der Waals surface area contributed by atoms with E-state index in [1.807, 2.05) is 0 Å². The number of ether oxygens (including phenoxy) is 2. The van der Waals surface area contributed by atoms with Gasteiger partial charge in [0.2, 0.25) is 5.76 Å². The summed E-state index contributed by atoms with van der Waals surface area (Å²) in [7, 11) is 1.34. The van der Waals surface area contributed by atoms with E-state index < -0.39 is 10.9 Å². The zero-order valence-corrected chi connectivity index (χ0v) is 11.6. The molecule has 0 amide bonds. The van der Waals surface area contributed by atoms with Crippen LogP contribution in [-0.4, -0.2) is 24.6 Å². The highest BCUT2D eigenvalue weighted by Gasteiger charge is 2.18. The van der Waals surface area contributed by atoms with Crippen molar-refractivity contribution in [3.8, 4) is 29.4 Å². The minimum atomic E-state index is -0.702. The molecule has 7 nitrogen and oxygen atoms in total. The van der Waals surface area contributed by atoms with Crippen LogP contribution in [0.3, 0.4) is 0 Å². The van der Waals surface area contributed by atoms with Crippen molar-refractivity contribution < 1.29 is 23.6 Å². The van der Waals surface area contributed by atoms with E-state index in [1.54, 1.807) is 6.07 Å². The summed E-state index contributed by atoms with van der Waals surface area (Å²) in [6, 6.07) is 7.25. The average molecular weight is 301 g/mol. The van der Waals surface area contributed by atoms with Crippen LogP contribution < -0.4 is 4.74 Å². The van der Waals surface area contributed by atoms with Gasteiger partial charge < -0.3 is 13.9 Å². The Morgan fingerprint density at radius 2 is 2.18 bits per heavy atom. The molecule has 2 rings (SSSR count). The van der Waals surface area contributed by atoms with E-state index in [1.165, 1.54) is 31.4 Å². The number of carbonyl (C=O) groups excluding carboxylic acids is 1. The topological polar surface area (TPSA) is 91.8 Å². The van der Waals surface area contributed by atoms with Crippen molar-refractivity contribution in [1.82, 2.24) is 0 Å².